The zero-order valence-electron chi connectivity index (χ0n) is 14.9. The topological polar surface area (TPSA) is 78.7 Å². The van der Waals surface area contributed by atoms with Crippen LogP contribution in [0.15, 0.2) is 30.3 Å². The van der Waals surface area contributed by atoms with Gasteiger partial charge in [-0.3, -0.25) is 14.9 Å². The van der Waals surface area contributed by atoms with Crippen LogP contribution in [0.2, 0.25) is 0 Å². The summed E-state index contributed by atoms with van der Waals surface area (Å²) >= 11 is 0.878. The molecule has 1 aliphatic heterocycles. The van der Waals surface area contributed by atoms with Gasteiger partial charge in [0.05, 0.1) is 9.80 Å². The van der Waals surface area contributed by atoms with Gasteiger partial charge in [0.2, 0.25) is 0 Å². The minimum absolute atomic E-state index is 0.0339. The fourth-order valence-electron chi connectivity index (χ4n) is 3.04. The Labute approximate surface area is 156 Å². The van der Waals surface area contributed by atoms with Crippen molar-refractivity contribution >= 4 is 33.6 Å². The van der Waals surface area contributed by atoms with Crippen molar-refractivity contribution in [1.82, 2.24) is 4.90 Å². The Kier molecular flexibility index (Phi) is 5.53. The van der Waals surface area contributed by atoms with Gasteiger partial charge in [-0.15, -0.1) is 0 Å². The van der Waals surface area contributed by atoms with Crippen molar-refractivity contribution < 1.29 is 9.72 Å². The fraction of sp³-hybridized carbons (Fsp3) is 0.389. The van der Waals surface area contributed by atoms with E-state index in [1.807, 2.05) is 19.1 Å². The Hall–Kier alpha value is -2.45. The average molecular weight is 374 g/mol. The number of aryl methyl sites for hydroxylation is 1. The van der Waals surface area contributed by atoms with Gasteiger partial charge in [-0.25, -0.2) is 0 Å². The summed E-state index contributed by atoms with van der Waals surface area (Å²) in [6.45, 7) is 9.34. The van der Waals surface area contributed by atoms with Gasteiger partial charge in [0, 0.05) is 43.6 Å². The molecule has 1 fully saturated rings. The summed E-state index contributed by atoms with van der Waals surface area (Å²) in [6.07, 6.45) is 0. The number of hydrogen-bond donors (Lipinski definition) is 1. The highest BCUT2D eigenvalue weighted by atomic mass is 32.1. The van der Waals surface area contributed by atoms with Crippen molar-refractivity contribution in [3.63, 3.8) is 0 Å². The van der Waals surface area contributed by atoms with E-state index in [1.165, 1.54) is 12.1 Å². The molecular formula is C18H22N4O3S. The van der Waals surface area contributed by atoms with Crippen LogP contribution in [0.3, 0.4) is 0 Å². The van der Waals surface area contributed by atoms with Gasteiger partial charge in [0.15, 0.2) is 0 Å². The van der Waals surface area contributed by atoms with Gasteiger partial charge in [-0.2, -0.15) is 0 Å². The molecule has 2 heterocycles. The molecule has 3 rings (SSSR count). The van der Waals surface area contributed by atoms with E-state index in [0.29, 0.717) is 4.88 Å². The van der Waals surface area contributed by atoms with Crippen LogP contribution in [0, 0.1) is 17.0 Å². The molecule has 0 bridgehead atoms. The van der Waals surface area contributed by atoms with E-state index in [1.54, 1.807) is 0 Å². The predicted octanol–water partition coefficient (Wildman–Crippen LogP) is 3.36. The highest BCUT2D eigenvalue weighted by molar-refractivity contribution is 7.17. The molecule has 2 aromatic rings. The molecule has 138 valence electrons. The van der Waals surface area contributed by atoms with Crippen LogP contribution in [-0.2, 0) is 0 Å². The maximum Gasteiger partial charge on any atom is 0.324 e. The molecular weight excluding hydrogens is 352 g/mol. The molecule has 0 atom stereocenters. The Bertz CT molecular complexity index is 813. The van der Waals surface area contributed by atoms with E-state index in [4.69, 9.17) is 0 Å². The molecule has 1 aromatic heterocycles. The Morgan fingerprint density at radius 3 is 2.54 bits per heavy atom. The van der Waals surface area contributed by atoms with Crippen molar-refractivity contribution in [3.8, 4) is 0 Å². The van der Waals surface area contributed by atoms with Gasteiger partial charge in [-0.1, -0.05) is 18.3 Å². The van der Waals surface area contributed by atoms with Gasteiger partial charge in [0.25, 0.3) is 5.91 Å². The molecule has 1 N–H and O–H groups in total. The SMILES string of the molecule is CCN1CCN(c2ccc(NC(=O)c3ccc([N+](=O)[O-])s3)c(C)c2)CC1. The minimum atomic E-state index is -0.486. The number of hydrogen-bond acceptors (Lipinski definition) is 6. The number of nitro groups is 1. The maximum atomic E-state index is 12.3. The number of likely N-dealkylation sites (N-methyl/N-ethyl adjacent to an activating group) is 1. The molecule has 1 aliphatic rings. The first kappa shape index (κ1) is 18.3. The van der Waals surface area contributed by atoms with Gasteiger partial charge >= 0.3 is 5.00 Å². The molecule has 1 amide bonds. The molecule has 8 heteroatoms. The summed E-state index contributed by atoms with van der Waals surface area (Å²) in [5.74, 6) is -0.324. The van der Waals surface area contributed by atoms with Crippen LogP contribution in [0.5, 0.6) is 0 Å². The zero-order valence-corrected chi connectivity index (χ0v) is 15.7. The Morgan fingerprint density at radius 2 is 1.96 bits per heavy atom. The number of thiophene rings is 1. The van der Waals surface area contributed by atoms with Crippen LogP contribution in [0.4, 0.5) is 16.4 Å². The summed E-state index contributed by atoms with van der Waals surface area (Å²) in [5, 5.41) is 13.6. The third-order valence-corrected chi connectivity index (χ3v) is 5.67. The minimum Gasteiger partial charge on any atom is -0.369 e. The van der Waals surface area contributed by atoms with E-state index in [-0.39, 0.29) is 10.9 Å². The smallest absolute Gasteiger partial charge is 0.324 e. The quantitative estimate of drug-likeness (QED) is 0.641. The van der Waals surface area contributed by atoms with Gasteiger partial charge < -0.3 is 15.1 Å². The van der Waals surface area contributed by atoms with Crippen LogP contribution >= 0.6 is 11.3 Å². The molecule has 26 heavy (non-hydrogen) atoms. The highest BCUT2D eigenvalue weighted by Gasteiger charge is 2.18. The standard InChI is InChI=1S/C18H22N4O3S/c1-3-20-8-10-21(11-9-20)14-4-5-15(13(2)12-14)19-18(23)16-6-7-17(26-16)22(24)25/h4-7,12H,3,8-11H2,1-2H3,(H,19,23). The second kappa shape index (κ2) is 7.84. The molecule has 0 spiro atoms. The number of nitrogens with zero attached hydrogens (tertiary/aromatic N) is 3. The first-order valence-corrected chi connectivity index (χ1v) is 9.43. The number of rotatable bonds is 5. The lowest BCUT2D eigenvalue weighted by Gasteiger charge is -2.35. The zero-order chi connectivity index (χ0) is 18.7. The molecule has 0 aliphatic carbocycles. The fourth-order valence-corrected chi connectivity index (χ4v) is 3.75. The lowest BCUT2D eigenvalue weighted by atomic mass is 10.1. The van der Waals surface area contributed by atoms with Crippen molar-refractivity contribution in [3.05, 3.63) is 50.9 Å². The second-order valence-corrected chi connectivity index (χ2v) is 7.33. The second-order valence-electron chi connectivity index (χ2n) is 6.27. The molecule has 7 nitrogen and oxygen atoms in total. The van der Waals surface area contributed by atoms with Crippen molar-refractivity contribution in [2.75, 3.05) is 42.9 Å². The average Bonchev–Trinajstić information content (AvgIpc) is 3.14. The molecule has 0 unspecified atom stereocenters. The highest BCUT2D eigenvalue weighted by Crippen LogP contribution is 2.27. The molecule has 1 aromatic carbocycles. The van der Waals surface area contributed by atoms with Crippen molar-refractivity contribution in [2.24, 2.45) is 0 Å². The molecule has 0 saturated carbocycles. The van der Waals surface area contributed by atoms with Crippen molar-refractivity contribution in [2.45, 2.75) is 13.8 Å². The first-order valence-electron chi connectivity index (χ1n) is 8.61. The first-order chi connectivity index (χ1) is 12.5. The Morgan fingerprint density at radius 1 is 1.23 bits per heavy atom. The largest absolute Gasteiger partial charge is 0.369 e. The van der Waals surface area contributed by atoms with Gasteiger partial charge in [-0.05, 0) is 43.3 Å². The third-order valence-electron chi connectivity index (χ3n) is 4.64. The lowest BCUT2D eigenvalue weighted by molar-refractivity contribution is -0.380. The summed E-state index contributed by atoms with van der Waals surface area (Å²) in [7, 11) is 0. The Balaban J connectivity index is 1.67. The van der Waals surface area contributed by atoms with E-state index < -0.39 is 4.92 Å². The summed E-state index contributed by atoms with van der Waals surface area (Å²) in [6, 6.07) is 8.83. The van der Waals surface area contributed by atoms with Gasteiger partial charge in [0.1, 0.15) is 0 Å². The van der Waals surface area contributed by atoms with Crippen LogP contribution in [0.25, 0.3) is 0 Å². The number of anilines is 2. The number of benzene rings is 1. The van der Waals surface area contributed by atoms with E-state index in [9.17, 15) is 14.9 Å². The van der Waals surface area contributed by atoms with E-state index in [0.717, 1.165) is 61.0 Å². The normalized spacial score (nSPS) is 15.1. The van der Waals surface area contributed by atoms with Crippen LogP contribution < -0.4 is 10.2 Å². The van der Waals surface area contributed by atoms with Crippen LogP contribution in [0.1, 0.15) is 22.2 Å². The maximum absolute atomic E-state index is 12.3. The summed E-state index contributed by atoms with van der Waals surface area (Å²) < 4.78 is 0. The third kappa shape index (κ3) is 4.03. The number of piperazine rings is 1. The monoisotopic (exact) mass is 374 g/mol. The van der Waals surface area contributed by atoms with Crippen molar-refractivity contribution in [1.29, 1.82) is 0 Å². The summed E-state index contributed by atoms with van der Waals surface area (Å²) in [4.78, 5) is 27.7. The lowest BCUT2D eigenvalue weighted by Crippen LogP contribution is -2.46. The molecule has 1 saturated heterocycles. The summed E-state index contributed by atoms with van der Waals surface area (Å²) in [5.41, 5.74) is 2.85. The van der Waals surface area contributed by atoms with E-state index >= 15 is 0 Å². The number of nitrogens with one attached hydrogen (secondary N) is 1. The van der Waals surface area contributed by atoms with Crippen LogP contribution in [-0.4, -0.2) is 48.5 Å². The molecule has 0 radical (unpaired) electrons. The number of amides is 1. The number of carbonyl (C=O) groups excluding carboxylic acids is 1. The predicted molar refractivity (Wildman–Crippen MR) is 104 cm³/mol. The van der Waals surface area contributed by atoms with E-state index in [2.05, 4.69) is 28.1 Å². The number of carbonyl (C=O) groups is 1.